The summed E-state index contributed by atoms with van der Waals surface area (Å²) in [5.74, 6) is -0.604. The van der Waals surface area contributed by atoms with E-state index in [1.165, 1.54) is 0 Å². The van der Waals surface area contributed by atoms with E-state index in [1.807, 2.05) is 7.05 Å². The van der Waals surface area contributed by atoms with Crippen LogP contribution in [-0.4, -0.2) is 25.8 Å². The van der Waals surface area contributed by atoms with Crippen LogP contribution in [0.2, 0.25) is 5.15 Å². The predicted molar refractivity (Wildman–Crippen MR) is 105 cm³/mol. The fourth-order valence-corrected chi connectivity index (χ4v) is 3.68. The van der Waals surface area contributed by atoms with Crippen molar-refractivity contribution < 1.29 is 8.78 Å². The number of imidazole rings is 1. The Morgan fingerprint density at radius 1 is 1.21 bits per heavy atom. The van der Waals surface area contributed by atoms with E-state index in [-0.39, 0.29) is 10.8 Å². The number of hydrogen-bond donors (Lipinski definition) is 2. The SMILES string of the molecule is CC(c1ncc(F)cc1F)N1c2nc(Cl)ccc2C(N)N(c2cn(C)cn2)C1N. The number of nitrogens with zero attached hydrogens (tertiary/aromatic N) is 6. The van der Waals surface area contributed by atoms with E-state index in [4.69, 9.17) is 23.1 Å². The van der Waals surface area contributed by atoms with Gasteiger partial charge in [-0.25, -0.2) is 18.7 Å². The lowest BCUT2D eigenvalue weighted by molar-refractivity contribution is 0.428. The Balaban J connectivity index is 1.86. The summed E-state index contributed by atoms with van der Waals surface area (Å²) in [6, 6.07) is 3.44. The van der Waals surface area contributed by atoms with E-state index in [0.717, 1.165) is 12.3 Å². The molecule has 8 nitrogen and oxygen atoms in total. The molecule has 3 unspecified atom stereocenters. The van der Waals surface area contributed by atoms with Crippen molar-refractivity contribution in [2.75, 3.05) is 9.80 Å². The van der Waals surface area contributed by atoms with Crippen LogP contribution >= 0.6 is 11.6 Å². The van der Waals surface area contributed by atoms with Gasteiger partial charge in [-0.1, -0.05) is 11.6 Å². The molecule has 1 aliphatic heterocycles. The zero-order valence-corrected chi connectivity index (χ0v) is 16.4. The Bertz CT molecular complexity index is 1060. The third kappa shape index (κ3) is 3.28. The summed E-state index contributed by atoms with van der Waals surface area (Å²) < 4.78 is 29.6. The van der Waals surface area contributed by atoms with Crippen molar-refractivity contribution in [2.45, 2.75) is 25.4 Å². The highest BCUT2D eigenvalue weighted by molar-refractivity contribution is 6.29. The zero-order chi connectivity index (χ0) is 20.9. The first-order chi connectivity index (χ1) is 13.8. The average Bonchev–Trinajstić information content (AvgIpc) is 3.07. The average molecular weight is 421 g/mol. The Morgan fingerprint density at radius 2 is 1.97 bits per heavy atom. The zero-order valence-electron chi connectivity index (χ0n) is 15.7. The lowest BCUT2D eigenvalue weighted by Gasteiger charge is -2.48. The number of fused-ring (bicyclic) bond motifs is 1. The highest BCUT2D eigenvalue weighted by Gasteiger charge is 2.41. The Labute approximate surface area is 170 Å². The summed E-state index contributed by atoms with van der Waals surface area (Å²) in [5.41, 5.74) is 13.7. The van der Waals surface area contributed by atoms with Gasteiger partial charge in [0.1, 0.15) is 28.8 Å². The number of nitrogens with two attached hydrogens (primary N) is 2. The molecule has 0 aromatic carbocycles. The third-order valence-corrected chi connectivity index (χ3v) is 5.12. The van der Waals surface area contributed by atoms with Crippen molar-refractivity contribution in [1.29, 1.82) is 0 Å². The number of hydrogen-bond acceptors (Lipinski definition) is 7. The minimum Gasteiger partial charge on any atom is -0.338 e. The van der Waals surface area contributed by atoms with Crippen molar-refractivity contribution in [3.8, 4) is 0 Å². The number of anilines is 2. The number of pyridine rings is 2. The van der Waals surface area contributed by atoms with Gasteiger partial charge in [-0.05, 0) is 19.1 Å². The van der Waals surface area contributed by atoms with Crippen molar-refractivity contribution in [1.82, 2.24) is 19.5 Å². The fraction of sp³-hybridized carbons (Fsp3) is 0.278. The third-order valence-electron chi connectivity index (χ3n) is 4.91. The monoisotopic (exact) mass is 420 g/mol. The van der Waals surface area contributed by atoms with Gasteiger partial charge in [0, 0.05) is 24.9 Å². The molecule has 0 bridgehead atoms. The summed E-state index contributed by atoms with van der Waals surface area (Å²) in [5, 5.41) is 0.235. The molecule has 29 heavy (non-hydrogen) atoms. The number of rotatable bonds is 3. The predicted octanol–water partition coefficient (Wildman–Crippen LogP) is 2.43. The van der Waals surface area contributed by atoms with E-state index in [0.29, 0.717) is 17.2 Å². The van der Waals surface area contributed by atoms with Crippen LogP contribution in [0.3, 0.4) is 0 Å². The minimum absolute atomic E-state index is 0.0195. The lowest BCUT2D eigenvalue weighted by atomic mass is 10.1. The largest absolute Gasteiger partial charge is 0.338 e. The summed E-state index contributed by atoms with van der Waals surface area (Å²) in [4.78, 5) is 16.0. The molecule has 0 radical (unpaired) electrons. The van der Waals surface area contributed by atoms with Gasteiger partial charge in [0.05, 0.1) is 24.3 Å². The first-order valence-electron chi connectivity index (χ1n) is 8.81. The highest BCUT2D eigenvalue weighted by Crippen LogP contribution is 2.40. The van der Waals surface area contributed by atoms with Crippen molar-refractivity contribution >= 4 is 23.2 Å². The van der Waals surface area contributed by atoms with Crippen LogP contribution in [0, 0.1) is 11.6 Å². The van der Waals surface area contributed by atoms with Crippen molar-refractivity contribution in [3.05, 3.63) is 65.0 Å². The smallest absolute Gasteiger partial charge is 0.159 e. The van der Waals surface area contributed by atoms with Crippen molar-refractivity contribution in [2.24, 2.45) is 18.5 Å². The fourth-order valence-electron chi connectivity index (χ4n) is 3.53. The van der Waals surface area contributed by atoms with E-state index in [9.17, 15) is 8.78 Å². The maximum atomic E-state index is 14.5. The Hall–Kier alpha value is -2.82. The maximum Gasteiger partial charge on any atom is 0.159 e. The summed E-state index contributed by atoms with van der Waals surface area (Å²) in [6.45, 7) is 1.70. The summed E-state index contributed by atoms with van der Waals surface area (Å²) in [7, 11) is 1.82. The molecular formula is C18H19ClF2N8. The standard InChI is InChI=1S/C18H19ClF2N8/c1-9(15-12(21)5-10(20)6-24-15)28-17-11(3-4-13(19)26-17)16(22)29(18(28)23)14-7-27(2)8-25-14/h3-9,16,18H,22-23H2,1-2H3. The van der Waals surface area contributed by atoms with Crippen LogP contribution in [0.15, 0.2) is 36.9 Å². The van der Waals surface area contributed by atoms with Gasteiger partial charge < -0.3 is 20.1 Å². The lowest BCUT2D eigenvalue weighted by Crippen LogP contribution is -2.62. The minimum atomic E-state index is -0.861. The van der Waals surface area contributed by atoms with Crippen LogP contribution in [-0.2, 0) is 7.05 Å². The molecule has 3 atom stereocenters. The van der Waals surface area contributed by atoms with Crippen LogP contribution in [0.25, 0.3) is 0 Å². The second-order valence-electron chi connectivity index (χ2n) is 6.81. The van der Waals surface area contributed by atoms with Gasteiger partial charge in [-0.3, -0.25) is 10.7 Å². The molecule has 4 N–H and O–H groups in total. The van der Waals surface area contributed by atoms with Crippen LogP contribution in [0.1, 0.15) is 30.4 Å². The van der Waals surface area contributed by atoms with Gasteiger partial charge in [0.15, 0.2) is 12.1 Å². The highest BCUT2D eigenvalue weighted by atomic mass is 35.5. The van der Waals surface area contributed by atoms with E-state index in [2.05, 4.69) is 15.0 Å². The quantitative estimate of drug-likeness (QED) is 0.627. The van der Waals surface area contributed by atoms with E-state index < -0.39 is 30.1 Å². The first kappa shape index (κ1) is 19.5. The molecular weight excluding hydrogens is 402 g/mol. The van der Waals surface area contributed by atoms with Gasteiger partial charge in [0.25, 0.3) is 0 Å². The molecule has 0 saturated heterocycles. The molecule has 0 saturated carbocycles. The topological polar surface area (TPSA) is 102 Å². The number of halogens is 3. The number of aromatic nitrogens is 4. The molecule has 3 aromatic heterocycles. The van der Waals surface area contributed by atoms with Gasteiger partial charge >= 0.3 is 0 Å². The molecule has 11 heteroatoms. The van der Waals surface area contributed by atoms with E-state index >= 15 is 0 Å². The summed E-state index contributed by atoms with van der Waals surface area (Å²) >= 11 is 6.11. The van der Waals surface area contributed by atoms with Crippen LogP contribution in [0.4, 0.5) is 20.4 Å². The number of aryl methyl sites for hydroxylation is 1. The Kier molecular flexibility index (Phi) is 4.85. The Morgan fingerprint density at radius 3 is 2.62 bits per heavy atom. The molecule has 0 spiro atoms. The molecule has 0 fully saturated rings. The molecule has 4 rings (SSSR count). The second-order valence-corrected chi connectivity index (χ2v) is 7.20. The maximum absolute atomic E-state index is 14.5. The molecule has 152 valence electrons. The van der Waals surface area contributed by atoms with E-state index in [1.54, 1.807) is 45.9 Å². The second kappa shape index (κ2) is 7.21. The van der Waals surface area contributed by atoms with Gasteiger partial charge in [-0.2, -0.15) is 0 Å². The summed E-state index contributed by atoms with van der Waals surface area (Å²) in [6.07, 6.45) is 2.83. The molecule has 3 aromatic rings. The molecule has 4 heterocycles. The van der Waals surface area contributed by atoms with Gasteiger partial charge in [-0.15, -0.1) is 0 Å². The van der Waals surface area contributed by atoms with Crippen LogP contribution < -0.4 is 21.3 Å². The van der Waals surface area contributed by atoms with Crippen LogP contribution in [0.5, 0.6) is 0 Å². The van der Waals surface area contributed by atoms with Crippen molar-refractivity contribution in [3.63, 3.8) is 0 Å². The first-order valence-corrected chi connectivity index (χ1v) is 9.19. The molecule has 1 aliphatic rings. The molecule has 0 aliphatic carbocycles. The normalized spacial score (nSPS) is 20.0. The molecule has 0 amide bonds. The van der Waals surface area contributed by atoms with Gasteiger partial charge in [0.2, 0.25) is 0 Å².